The zero-order valence-electron chi connectivity index (χ0n) is 13.8. The van der Waals surface area contributed by atoms with Crippen molar-refractivity contribution in [3.63, 3.8) is 0 Å². The van der Waals surface area contributed by atoms with Gasteiger partial charge in [0.25, 0.3) is 0 Å². The van der Waals surface area contributed by atoms with Crippen LogP contribution in [0.1, 0.15) is 36.3 Å². The van der Waals surface area contributed by atoms with E-state index in [-0.39, 0.29) is 18.2 Å². The maximum Gasteiger partial charge on any atom is 0.226 e. The zero-order chi connectivity index (χ0) is 17.5. The van der Waals surface area contributed by atoms with E-state index >= 15 is 0 Å². The number of aldehydes is 1. The van der Waals surface area contributed by atoms with E-state index in [0.29, 0.717) is 23.6 Å². The van der Waals surface area contributed by atoms with E-state index in [9.17, 15) is 14.4 Å². The van der Waals surface area contributed by atoms with Crippen LogP contribution in [0.3, 0.4) is 0 Å². The minimum absolute atomic E-state index is 0.143. The van der Waals surface area contributed by atoms with Gasteiger partial charge in [-0.2, -0.15) is 0 Å². The lowest BCUT2D eigenvalue weighted by Crippen LogP contribution is -2.16. The largest absolute Gasteiger partial charge is 0.345 e. The van der Waals surface area contributed by atoms with Gasteiger partial charge in [-0.25, -0.2) is 0 Å². The second-order valence-corrected chi connectivity index (χ2v) is 5.45. The molecule has 0 saturated heterocycles. The molecule has 0 radical (unpaired) electrons. The van der Waals surface area contributed by atoms with Gasteiger partial charge in [0.15, 0.2) is 6.29 Å². The highest BCUT2D eigenvalue weighted by atomic mass is 16.2. The number of aromatic nitrogens is 1. The minimum atomic E-state index is -0.162. The zero-order valence-corrected chi connectivity index (χ0v) is 13.8. The average molecular weight is 327 g/mol. The Labute approximate surface area is 140 Å². The third-order valence-corrected chi connectivity index (χ3v) is 3.65. The molecule has 1 aromatic carbocycles. The number of hydrogen-bond acceptors (Lipinski definition) is 3. The van der Waals surface area contributed by atoms with Crippen molar-refractivity contribution in [2.24, 2.45) is 0 Å². The van der Waals surface area contributed by atoms with Crippen LogP contribution < -0.4 is 10.6 Å². The van der Waals surface area contributed by atoms with Crippen LogP contribution in [0, 0.1) is 0 Å². The van der Waals surface area contributed by atoms with Gasteiger partial charge in [0, 0.05) is 37.5 Å². The van der Waals surface area contributed by atoms with Gasteiger partial charge in [0.1, 0.15) is 0 Å². The Kier molecular flexibility index (Phi) is 5.89. The Morgan fingerprint density at radius 3 is 2.67 bits per heavy atom. The lowest BCUT2D eigenvalue weighted by molar-refractivity contribution is -0.116. The van der Waals surface area contributed by atoms with Crippen LogP contribution in [0.5, 0.6) is 0 Å². The van der Waals surface area contributed by atoms with Crippen molar-refractivity contribution in [3.8, 4) is 0 Å². The van der Waals surface area contributed by atoms with Crippen molar-refractivity contribution in [3.05, 3.63) is 47.8 Å². The molecule has 0 unspecified atom stereocenters. The maximum atomic E-state index is 12.2. The summed E-state index contributed by atoms with van der Waals surface area (Å²) in [5.41, 5.74) is 2.87. The molecule has 0 fully saturated rings. The number of amides is 2. The second-order valence-electron chi connectivity index (χ2n) is 5.45. The fraction of sp³-hybridized carbons (Fsp3) is 0.278. The third kappa shape index (κ3) is 4.55. The maximum absolute atomic E-state index is 12.2. The van der Waals surface area contributed by atoms with E-state index in [2.05, 4.69) is 10.6 Å². The highest BCUT2D eigenvalue weighted by molar-refractivity contribution is 5.94. The standard InChI is InChI=1S/C18H21N3O3/c1-3-14-6-7-15(19-13(2)23)11-17(14)20-18(24)8-10-21-9-4-5-16(21)12-22/h4-7,9,11-12H,3,8,10H2,1-2H3,(H,19,23)(H,20,24). The molecule has 0 aliphatic carbocycles. The molecule has 0 saturated carbocycles. The fourth-order valence-corrected chi connectivity index (χ4v) is 2.45. The molecular weight excluding hydrogens is 306 g/mol. The first-order valence-corrected chi connectivity index (χ1v) is 7.84. The number of carbonyl (C=O) groups excluding carboxylic acids is 3. The number of carbonyl (C=O) groups is 3. The SMILES string of the molecule is CCc1ccc(NC(C)=O)cc1NC(=O)CCn1cccc1C=O. The summed E-state index contributed by atoms with van der Waals surface area (Å²) < 4.78 is 1.74. The molecule has 2 N–H and O–H groups in total. The number of nitrogens with one attached hydrogen (secondary N) is 2. The van der Waals surface area contributed by atoms with Crippen molar-refractivity contribution >= 4 is 29.5 Å². The van der Waals surface area contributed by atoms with E-state index in [4.69, 9.17) is 0 Å². The molecule has 0 aliphatic rings. The summed E-state index contributed by atoms with van der Waals surface area (Å²) in [5, 5.41) is 5.59. The normalized spacial score (nSPS) is 10.2. The monoisotopic (exact) mass is 327 g/mol. The van der Waals surface area contributed by atoms with Crippen LogP contribution >= 0.6 is 0 Å². The molecule has 0 aliphatic heterocycles. The highest BCUT2D eigenvalue weighted by Crippen LogP contribution is 2.22. The molecule has 2 amide bonds. The average Bonchev–Trinajstić information content (AvgIpc) is 3.00. The topological polar surface area (TPSA) is 80.2 Å². The van der Waals surface area contributed by atoms with Crippen molar-refractivity contribution in [2.75, 3.05) is 10.6 Å². The molecule has 0 spiro atoms. The fourth-order valence-electron chi connectivity index (χ4n) is 2.45. The number of anilines is 2. The Morgan fingerprint density at radius 2 is 2.00 bits per heavy atom. The van der Waals surface area contributed by atoms with Crippen LogP contribution in [0.15, 0.2) is 36.5 Å². The molecule has 0 atom stereocenters. The van der Waals surface area contributed by atoms with E-state index < -0.39 is 0 Å². The second kappa shape index (κ2) is 8.10. The summed E-state index contributed by atoms with van der Waals surface area (Å²) in [7, 11) is 0. The first-order valence-electron chi connectivity index (χ1n) is 7.84. The van der Waals surface area contributed by atoms with Crippen molar-refractivity contribution in [1.29, 1.82) is 0 Å². The predicted octanol–water partition coefficient (Wildman–Crippen LogP) is 2.85. The van der Waals surface area contributed by atoms with E-state index in [1.807, 2.05) is 19.1 Å². The Hall–Kier alpha value is -2.89. The lowest BCUT2D eigenvalue weighted by atomic mass is 10.1. The van der Waals surface area contributed by atoms with Gasteiger partial charge in [-0.3, -0.25) is 14.4 Å². The van der Waals surface area contributed by atoms with Gasteiger partial charge >= 0.3 is 0 Å². The van der Waals surface area contributed by atoms with Crippen molar-refractivity contribution in [1.82, 2.24) is 4.57 Å². The van der Waals surface area contributed by atoms with Gasteiger partial charge in [-0.05, 0) is 36.2 Å². The third-order valence-electron chi connectivity index (χ3n) is 3.65. The summed E-state index contributed by atoms with van der Waals surface area (Å²) in [4.78, 5) is 34.3. The number of aryl methyl sites for hydroxylation is 2. The molecule has 24 heavy (non-hydrogen) atoms. The number of nitrogens with zero attached hydrogens (tertiary/aromatic N) is 1. The summed E-state index contributed by atoms with van der Waals surface area (Å²) in [6.45, 7) is 3.87. The van der Waals surface area contributed by atoms with E-state index in [1.54, 1.807) is 29.0 Å². The minimum Gasteiger partial charge on any atom is -0.345 e. The molecule has 126 valence electrons. The van der Waals surface area contributed by atoms with Crippen LogP contribution in [-0.2, 0) is 22.6 Å². The molecule has 1 heterocycles. The Balaban J connectivity index is 2.04. The summed E-state index contributed by atoms with van der Waals surface area (Å²) >= 11 is 0. The summed E-state index contributed by atoms with van der Waals surface area (Å²) in [6.07, 6.45) is 3.56. The molecule has 0 bridgehead atoms. The van der Waals surface area contributed by atoms with Gasteiger partial charge in [0.2, 0.25) is 11.8 Å². The van der Waals surface area contributed by atoms with Crippen molar-refractivity contribution < 1.29 is 14.4 Å². The van der Waals surface area contributed by atoms with Crippen LogP contribution in [0.4, 0.5) is 11.4 Å². The van der Waals surface area contributed by atoms with Gasteiger partial charge < -0.3 is 15.2 Å². The first kappa shape index (κ1) is 17.5. The predicted molar refractivity (Wildman–Crippen MR) is 93.2 cm³/mol. The van der Waals surface area contributed by atoms with Gasteiger partial charge in [0.05, 0.1) is 5.69 Å². The summed E-state index contributed by atoms with van der Waals surface area (Å²) in [6, 6.07) is 8.93. The first-order chi connectivity index (χ1) is 11.5. The Morgan fingerprint density at radius 1 is 1.21 bits per heavy atom. The molecule has 6 nitrogen and oxygen atoms in total. The van der Waals surface area contributed by atoms with Crippen LogP contribution in [0.25, 0.3) is 0 Å². The van der Waals surface area contributed by atoms with E-state index in [0.717, 1.165) is 18.3 Å². The quantitative estimate of drug-likeness (QED) is 0.767. The lowest BCUT2D eigenvalue weighted by Gasteiger charge is -2.13. The number of benzene rings is 1. The Bertz CT molecular complexity index is 750. The highest BCUT2D eigenvalue weighted by Gasteiger charge is 2.09. The smallest absolute Gasteiger partial charge is 0.226 e. The number of rotatable bonds is 7. The molecule has 2 aromatic rings. The summed E-state index contributed by atoms with van der Waals surface area (Å²) in [5.74, 6) is -0.305. The van der Waals surface area contributed by atoms with Gasteiger partial charge in [-0.15, -0.1) is 0 Å². The molecule has 2 rings (SSSR count). The van der Waals surface area contributed by atoms with Crippen LogP contribution in [0.2, 0.25) is 0 Å². The molecular formula is C18H21N3O3. The number of hydrogen-bond donors (Lipinski definition) is 2. The van der Waals surface area contributed by atoms with Crippen molar-refractivity contribution in [2.45, 2.75) is 33.2 Å². The molecule has 1 aromatic heterocycles. The van der Waals surface area contributed by atoms with Gasteiger partial charge in [-0.1, -0.05) is 13.0 Å². The van der Waals surface area contributed by atoms with Crippen LogP contribution in [-0.4, -0.2) is 22.7 Å². The van der Waals surface area contributed by atoms with E-state index in [1.165, 1.54) is 6.92 Å². The molecule has 6 heteroatoms.